The van der Waals surface area contributed by atoms with Crippen LogP contribution in [0.1, 0.15) is 137 Å². The third kappa shape index (κ3) is 5.31. The molecule has 0 bridgehead atoms. The maximum absolute atomic E-state index is 2.82. The molecule has 0 aromatic heterocycles. The van der Waals surface area contributed by atoms with Crippen molar-refractivity contribution in [3.63, 3.8) is 0 Å². The first kappa shape index (κ1) is 42.3. The van der Waals surface area contributed by atoms with Gasteiger partial charge in [-0.05, 0) is 192 Å². The standard InChI is InChI=1S/C67H63BN2/c1-40-19-17-20-41(2)60(40)42-35-47-46-23-18-27-52-62(46)70(57-28-16-15-26-51(57)67(52)48-24-13-11-21-44(48)45-22-12-14-25-49(45)67)68-56-38-54-55(66(9,10)34-33-65(54,7)8)39-58(56)69(59(36-42)61(47)68)43-29-30-50-53(37-43)64(5,6)32-31-63(50,3)4/h11-30,35-39H,31-34H2,1-10H3. The van der Waals surface area contributed by atoms with Crippen molar-refractivity contribution in [2.24, 2.45) is 0 Å². The molecule has 0 saturated heterocycles. The number of benzene rings is 8. The zero-order valence-electron chi connectivity index (χ0n) is 42.7. The molecule has 0 unspecified atom stereocenters. The molecule has 0 saturated carbocycles. The quantitative estimate of drug-likeness (QED) is 0.160. The van der Waals surface area contributed by atoms with Gasteiger partial charge in [0.1, 0.15) is 0 Å². The molecule has 70 heavy (non-hydrogen) atoms. The van der Waals surface area contributed by atoms with Crippen molar-refractivity contribution < 1.29 is 0 Å². The van der Waals surface area contributed by atoms with Crippen LogP contribution in [0, 0.1) is 13.8 Å². The Morgan fingerprint density at radius 1 is 0.400 bits per heavy atom. The molecule has 3 heterocycles. The highest BCUT2D eigenvalue weighted by atomic mass is 15.2. The minimum absolute atomic E-state index is 0.0265. The summed E-state index contributed by atoms with van der Waals surface area (Å²) in [6.07, 6.45) is 4.70. The average Bonchev–Trinajstić information content (AvgIpc) is 3.64. The SMILES string of the molecule is Cc1cccc(C)c1-c1cc2c3c(c1)N(c1ccc4c(c1)C(C)(C)CCC4(C)C)c1cc4c(cc1B3N1c3ccccc3C3(c5ccccc5-c5ccccc53)c3cccc-2c31)C(C)(C)CCC4(C)C. The highest BCUT2D eigenvalue weighted by Crippen LogP contribution is 2.65. The number of hydrogen-bond donors (Lipinski definition) is 0. The van der Waals surface area contributed by atoms with Crippen LogP contribution in [0.2, 0.25) is 0 Å². The molecule has 3 aliphatic heterocycles. The summed E-state index contributed by atoms with van der Waals surface area (Å²) >= 11 is 0. The van der Waals surface area contributed by atoms with Gasteiger partial charge in [0.15, 0.2) is 0 Å². The van der Waals surface area contributed by atoms with Gasteiger partial charge in [0.25, 0.3) is 0 Å². The summed E-state index contributed by atoms with van der Waals surface area (Å²) in [5, 5.41) is 0. The van der Waals surface area contributed by atoms with Crippen LogP contribution in [0.4, 0.5) is 28.4 Å². The lowest BCUT2D eigenvalue weighted by atomic mass is 9.41. The number of anilines is 5. The molecule has 6 aliphatic rings. The van der Waals surface area contributed by atoms with Crippen LogP contribution < -0.4 is 20.6 Å². The molecule has 8 aromatic rings. The van der Waals surface area contributed by atoms with E-state index in [0.717, 1.165) is 12.8 Å². The third-order valence-corrected chi connectivity index (χ3v) is 18.8. The zero-order valence-corrected chi connectivity index (χ0v) is 42.7. The van der Waals surface area contributed by atoms with E-state index in [-0.39, 0.29) is 28.5 Å². The van der Waals surface area contributed by atoms with Crippen molar-refractivity contribution in [2.45, 2.75) is 122 Å². The fourth-order valence-electron chi connectivity index (χ4n) is 15.0. The largest absolute Gasteiger partial charge is 0.376 e. The molecular formula is C67H63BN2. The Labute approximate surface area is 416 Å². The minimum Gasteiger partial charge on any atom is -0.376 e. The van der Waals surface area contributed by atoms with Crippen LogP contribution in [-0.2, 0) is 27.1 Å². The van der Waals surface area contributed by atoms with Gasteiger partial charge in [-0.25, -0.2) is 0 Å². The van der Waals surface area contributed by atoms with Crippen molar-refractivity contribution in [2.75, 3.05) is 9.71 Å². The summed E-state index contributed by atoms with van der Waals surface area (Å²) in [7, 11) is 0. The van der Waals surface area contributed by atoms with E-state index in [0.29, 0.717) is 0 Å². The molecule has 0 radical (unpaired) electrons. The molecular weight excluding hydrogens is 844 g/mol. The van der Waals surface area contributed by atoms with Crippen LogP contribution in [0.3, 0.4) is 0 Å². The summed E-state index contributed by atoms with van der Waals surface area (Å²) in [5.74, 6) is 0. The van der Waals surface area contributed by atoms with Gasteiger partial charge in [-0.3, -0.25) is 0 Å². The van der Waals surface area contributed by atoms with Crippen LogP contribution >= 0.6 is 0 Å². The van der Waals surface area contributed by atoms with Crippen molar-refractivity contribution in [3.8, 4) is 33.4 Å². The number of hydrogen-bond acceptors (Lipinski definition) is 2. The molecule has 3 aliphatic carbocycles. The van der Waals surface area contributed by atoms with Gasteiger partial charge < -0.3 is 9.71 Å². The van der Waals surface area contributed by atoms with Gasteiger partial charge in [-0.2, -0.15) is 0 Å². The maximum Gasteiger partial charge on any atom is 0.333 e. The van der Waals surface area contributed by atoms with Gasteiger partial charge in [0.2, 0.25) is 0 Å². The fourth-order valence-corrected chi connectivity index (χ4v) is 15.0. The van der Waals surface area contributed by atoms with E-state index < -0.39 is 5.41 Å². The summed E-state index contributed by atoms with van der Waals surface area (Å²) in [4.78, 5) is 5.55. The maximum atomic E-state index is 2.82. The average molecular weight is 907 g/mol. The lowest BCUT2D eigenvalue weighted by Gasteiger charge is -2.53. The smallest absolute Gasteiger partial charge is 0.333 e. The lowest BCUT2D eigenvalue weighted by Crippen LogP contribution is -2.63. The van der Waals surface area contributed by atoms with Crippen LogP contribution in [-0.4, -0.2) is 6.85 Å². The molecule has 14 rings (SSSR count). The number of para-hydroxylation sites is 2. The Bertz CT molecular complexity index is 3550. The monoisotopic (exact) mass is 907 g/mol. The van der Waals surface area contributed by atoms with Crippen molar-refractivity contribution in [1.82, 2.24) is 0 Å². The highest BCUT2D eigenvalue weighted by Gasteiger charge is 2.57. The second kappa shape index (κ2) is 13.8. The van der Waals surface area contributed by atoms with E-state index in [4.69, 9.17) is 0 Å². The molecule has 0 fully saturated rings. The number of nitrogens with zero attached hydrogens (tertiary/aromatic N) is 2. The number of rotatable bonds is 2. The van der Waals surface area contributed by atoms with E-state index in [2.05, 4.69) is 231 Å². The predicted octanol–water partition coefficient (Wildman–Crippen LogP) is 16.1. The molecule has 2 nitrogen and oxygen atoms in total. The summed E-state index contributed by atoms with van der Waals surface area (Å²) in [5.41, 5.74) is 31.0. The molecule has 0 N–H and O–H groups in total. The summed E-state index contributed by atoms with van der Waals surface area (Å²) < 4.78 is 0. The third-order valence-electron chi connectivity index (χ3n) is 18.8. The molecule has 1 spiro atoms. The van der Waals surface area contributed by atoms with Gasteiger partial charge in [-0.1, -0.05) is 171 Å². The van der Waals surface area contributed by atoms with E-state index in [1.54, 1.807) is 0 Å². The van der Waals surface area contributed by atoms with Gasteiger partial charge >= 0.3 is 6.85 Å². The topological polar surface area (TPSA) is 6.48 Å². The Kier molecular flexibility index (Phi) is 8.37. The first-order valence-electron chi connectivity index (χ1n) is 26.1. The van der Waals surface area contributed by atoms with E-state index in [1.807, 2.05) is 0 Å². The summed E-state index contributed by atoms with van der Waals surface area (Å²) in [6.45, 7) is 24.4. The fraction of sp³-hybridized carbons (Fsp3) is 0.284. The van der Waals surface area contributed by atoms with Gasteiger partial charge in [0.05, 0.1) is 5.41 Å². The predicted molar refractivity (Wildman–Crippen MR) is 297 cm³/mol. The van der Waals surface area contributed by atoms with Gasteiger partial charge in [-0.15, -0.1) is 0 Å². The second-order valence-electron chi connectivity index (χ2n) is 24.6. The highest BCUT2D eigenvalue weighted by molar-refractivity contribution is 6.93. The second-order valence-corrected chi connectivity index (χ2v) is 24.6. The Morgan fingerprint density at radius 2 is 0.929 bits per heavy atom. The molecule has 8 aromatic carbocycles. The normalized spacial score (nSPS) is 19.0. The van der Waals surface area contributed by atoms with Crippen LogP contribution in [0.25, 0.3) is 33.4 Å². The van der Waals surface area contributed by atoms with Crippen LogP contribution in [0.5, 0.6) is 0 Å². The van der Waals surface area contributed by atoms with Gasteiger partial charge in [0, 0.05) is 34.0 Å². The van der Waals surface area contributed by atoms with E-state index >= 15 is 0 Å². The zero-order chi connectivity index (χ0) is 48.0. The molecule has 0 amide bonds. The first-order valence-corrected chi connectivity index (χ1v) is 26.1. The van der Waals surface area contributed by atoms with E-state index in [1.165, 1.54) is 141 Å². The van der Waals surface area contributed by atoms with Crippen molar-refractivity contribution in [1.29, 1.82) is 0 Å². The summed E-state index contributed by atoms with van der Waals surface area (Å²) in [6, 6.07) is 60.2. The first-order chi connectivity index (χ1) is 33.5. The van der Waals surface area contributed by atoms with Crippen LogP contribution in [0.15, 0.2) is 152 Å². The number of aryl methyl sites for hydroxylation is 2. The van der Waals surface area contributed by atoms with Crippen molar-refractivity contribution in [3.05, 3.63) is 207 Å². The van der Waals surface area contributed by atoms with Crippen molar-refractivity contribution >= 4 is 46.2 Å². The number of fused-ring (bicyclic) bond motifs is 15. The van der Waals surface area contributed by atoms with E-state index in [9.17, 15) is 0 Å². The molecule has 344 valence electrons. The Hall–Kier alpha value is -6.58. The minimum atomic E-state index is -0.495. The lowest BCUT2D eigenvalue weighted by molar-refractivity contribution is 0.332. The Balaban J connectivity index is 1.16. The molecule has 3 heteroatoms. The molecule has 0 atom stereocenters. The Morgan fingerprint density at radius 3 is 1.59 bits per heavy atom.